The number of thioether (sulfide) groups is 1. The second kappa shape index (κ2) is 7.02. The predicted octanol–water partition coefficient (Wildman–Crippen LogP) is 2.98. The minimum absolute atomic E-state index is 0.225. The minimum atomic E-state index is -0.807. The van der Waals surface area contributed by atoms with Crippen LogP contribution in [-0.2, 0) is 14.3 Å². The lowest BCUT2D eigenvalue weighted by atomic mass is 10.2. The number of rotatable bonds is 4. The highest BCUT2D eigenvalue weighted by Gasteiger charge is 2.38. The summed E-state index contributed by atoms with van der Waals surface area (Å²) in [7, 11) is 0. The van der Waals surface area contributed by atoms with Crippen LogP contribution >= 0.6 is 24.0 Å². The molecular formula is C15H14FNO3S2. The van der Waals surface area contributed by atoms with Crippen LogP contribution in [0, 0.1) is 5.82 Å². The number of halogens is 1. The number of carbonyl (C=O) groups is 2. The Hall–Kier alpha value is -1.73. The molecule has 116 valence electrons. The van der Waals surface area contributed by atoms with Crippen LogP contribution in [0.5, 0.6) is 0 Å². The quantitative estimate of drug-likeness (QED) is 0.479. The molecule has 1 saturated heterocycles. The third-order valence-corrected chi connectivity index (χ3v) is 4.36. The number of thiocarbonyl (C=S) groups is 1. The van der Waals surface area contributed by atoms with E-state index in [2.05, 4.69) is 0 Å². The Morgan fingerprint density at radius 1 is 1.50 bits per heavy atom. The van der Waals surface area contributed by atoms with Crippen LogP contribution < -0.4 is 0 Å². The molecule has 0 radical (unpaired) electrons. The number of benzene rings is 1. The van der Waals surface area contributed by atoms with Gasteiger partial charge in [-0.1, -0.05) is 42.2 Å². The molecule has 0 aromatic heterocycles. The van der Waals surface area contributed by atoms with Gasteiger partial charge < -0.3 is 4.74 Å². The molecule has 22 heavy (non-hydrogen) atoms. The number of hydrogen-bond donors (Lipinski definition) is 0. The topological polar surface area (TPSA) is 46.6 Å². The van der Waals surface area contributed by atoms with Crippen LogP contribution in [0.2, 0.25) is 0 Å². The summed E-state index contributed by atoms with van der Waals surface area (Å²) in [5.41, 5.74) is 0.298. The van der Waals surface area contributed by atoms with Gasteiger partial charge in [0, 0.05) is 5.56 Å². The van der Waals surface area contributed by atoms with E-state index in [4.69, 9.17) is 17.0 Å². The molecule has 1 atom stereocenters. The number of carbonyl (C=O) groups excluding carboxylic acids is 2. The molecule has 1 unspecified atom stereocenters. The van der Waals surface area contributed by atoms with Gasteiger partial charge in [-0.25, -0.2) is 9.18 Å². The van der Waals surface area contributed by atoms with Crippen LogP contribution in [0.3, 0.4) is 0 Å². The van der Waals surface area contributed by atoms with Crippen molar-refractivity contribution in [1.29, 1.82) is 0 Å². The van der Waals surface area contributed by atoms with Gasteiger partial charge in [-0.2, -0.15) is 0 Å². The van der Waals surface area contributed by atoms with Crippen LogP contribution in [0.1, 0.15) is 19.4 Å². The van der Waals surface area contributed by atoms with Gasteiger partial charge in [0.1, 0.15) is 16.2 Å². The van der Waals surface area contributed by atoms with Crippen molar-refractivity contribution < 1.29 is 18.7 Å². The molecule has 1 fully saturated rings. The molecule has 1 amide bonds. The fourth-order valence-corrected chi connectivity index (χ4v) is 3.32. The van der Waals surface area contributed by atoms with Crippen molar-refractivity contribution in [3.05, 3.63) is 40.6 Å². The summed E-state index contributed by atoms with van der Waals surface area (Å²) in [6.45, 7) is 3.46. The van der Waals surface area contributed by atoms with Crippen molar-refractivity contribution in [2.75, 3.05) is 6.61 Å². The number of ether oxygens (including phenoxy) is 1. The van der Waals surface area contributed by atoms with Crippen molar-refractivity contribution in [2.24, 2.45) is 0 Å². The van der Waals surface area contributed by atoms with Crippen molar-refractivity contribution in [3.8, 4) is 0 Å². The van der Waals surface area contributed by atoms with Crippen LogP contribution in [0.15, 0.2) is 29.2 Å². The lowest BCUT2D eigenvalue weighted by Gasteiger charge is -2.21. The first-order valence-corrected chi connectivity index (χ1v) is 7.86. The first-order chi connectivity index (χ1) is 10.5. The van der Waals surface area contributed by atoms with E-state index >= 15 is 0 Å². The Labute approximate surface area is 137 Å². The van der Waals surface area contributed by atoms with E-state index < -0.39 is 23.7 Å². The summed E-state index contributed by atoms with van der Waals surface area (Å²) >= 11 is 6.19. The molecule has 1 heterocycles. The van der Waals surface area contributed by atoms with Gasteiger partial charge in [-0.05, 0) is 26.0 Å². The second-order valence-corrected chi connectivity index (χ2v) is 6.18. The van der Waals surface area contributed by atoms with Crippen LogP contribution in [0.25, 0.3) is 6.08 Å². The zero-order valence-electron chi connectivity index (χ0n) is 12.0. The number of nitrogens with zero attached hydrogens (tertiary/aromatic N) is 1. The van der Waals surface area contributed by atoms with E-state index in [1.54, 1.807) is 32.0 Å². The summed E-state index contributed by atoms with van der Waals surface area (Å²) in [6, 6.07) is 5.32. The lowest BCUT2D eigenvalue weighted by Crippen LogP contribution is -2.42. The summed E-state index contributed by atoms with van der Waals surface area (Å²) in [5, 5.41) is 0. The van der Waals surface area contributed by atoms with E-state index in [0.717, 1.165) is 11.8 Å². The highest BCUT2D eigenvalue weighted by atomic mass is 32.2. The van der Waals surface area contributed by atoms with Crippen LogP contribution in [0.4, 0.5) is 4.39 Å². The van der Waals surface area contributed by atoms with E-state index in [-0.39, 0.29) is 15.8 Å². The van der Waals surface area contributed by atoms with Gasteiger partial charge in [-0.3, -0.25) is 9.69 Å². The molecular weight excluding hydrogens is 325 g/mol. The van der Waals surface area contributed by atoms with E-state index in [1.165, 1.54) is 17.0 Å². The SMILES string of the molecule is CCOC(=O)C(C)N1C(=O)/C(=C/c2ccccc2F)SC1=S. The average molecular weight is 339 g/mol. The number of amides is 1. The second-order valence-electron chi connectivity index (χ2n) is 4.50. The molecule has 4 nitrogen and oxygen atoms in total. The van der Waals surface area contributed by atoms with E-state index in [1.807, 2.05) is 0 Å². The Morgan fingerprint density at radius 3 is 2.82 bits per heavy atom. The molecule has 1 aromatic carbocycles. The highest BCUT2D eigenvalue weighted by Crippen LogP contribution is 2.34. The van der Waals surface area contributed by atoms with E-state index in [0.29, 0.717) is 5.56 Å². The standard InChI is InChI=1S/C15H14FNO3S2/c1-3-20-14(19)9(2)17-13(18)12(22-15(17)21)8-10-6-4-5-7-11(10)16/h4-9H,3H2,1-2H3/b12-8-. The number of hydrogen-bond acceptors (Lipinski definition) is 5. The fourth-order valence-electron chi connectivity index (χ4n) is 1.92. The summed E-state index contributed by atoms with van der Waals surface area (Å²) < 4.78 is 18.8. The zero-order valence-corrected chi connectivity index (χ0v) is 13.7. The van der Waals surface area contributed by atoms with Gasteiger partial charge in [0.15, 0.2) is 0 Å². The molecule has 7 heteroatoms. The normalized spacial score (nSPS) is 18.0. The Bertz CT molecular complexity index is 660. The summed E-state index contributed by atoms with van der Waals surface area (Å²) in [4.78, 5) is 25.7. The highest BCUT2D eigenvalue weighted by molar-refractivity contribution is 8.26. The largest absolute Gasteiger partial charge is 0.464 e. The molecule has 1 aliphatic heterocycles. The third kappa shape index (κ3) is 3.36. The zero-order chi connectivity index (χ0) is 16.3. The number of esters is 1. The minimum Gasteiger partial charge on any atom is -0.464 e. The lowest BCUT2D eigenvalue weighted by molar-refractivity contribution is -0.149. The first-order valence-electron chi connectivity index (χ1n) is 6.64. The molecule has 1 aliphatic rings. The van der Waals surface area contributed by atoms with Gasteiger partial charge in [0.05, 0.1) is 11.5 Å². The van der Waals surface area contributed by atoms with Crippen LogP contribution in [-0.4, -0.2) is 33.7 Å². The maximum atomic E-state index is 13.7. The van der Waals surface area contributed by atoms with Crippen molar-refractivity contribution in [3.63, 3.8) is 0 Å². The molecule has 0 spiro atoms. The van der Waals surface area contributed by atoms with Gasteiger partial charge in [0.2, 0.25) is 0 Å². The maximum absolute atomic E-state index is 13.7. The Kier molecular flexibility index (Phi) is 5.31. The Balaban J connectivity index is 2.26. The monoisotopic (exact) mass is 339 g/mol. The molecule has 0 bridgehead atoms. The fraction of sp³-hybridized carbons (Fsp3) is 0.267. The van der Waals surface area contributed by atoms with Crippen molar-refractivity contribution in [1.82, 2.24) is 4.90 Å². The predicted molar refractivity (Wildman–Crippen MR) is 87.5 cm³/mol. The summed E-state index contributed by atoms with van der Waals surface area (Å²) in [6.07, 6.45) is 1.44. The summed E-state index contributed by atoms with van der Waals surface area (Å²) in [5.74, 6) is -1.36. The molecule has 0 saturated carbocycles. The third-order valence-electron chi connectivity index (χ3n) is 3.03. The van der Waals surface area contributed by atoms with Crippen molar-refractivity contribution in [2.45, 2.75) is 19.9 Å². The Morgan fingerprint density at radius 2 is 2.18 bits per heavy atom. The smallest absolute Gasteiger partial charge is 0.329 e. The van der Waals surface area contributed by atoms with E-state index in [9.17, 15) is 14.0 Å². The van der Waals surface area contributed by atoms with Gasteiger partial charge in [-0.15, -0.1) is 0 Å². The molecule has 1 aromatic rings. The van der Waals surface area contributed by atoms with Gasteiger partial charge in [0.25, 0.3) is 5.91 Å². The average Bonchev–Trinajstić information content (AvgIpc) is 2.75. The first kappa shape index (κ1) is 16.6. The molecule has 0 N–H and O–H groups in total. The molecule has 2 rings (SSSR count). The van der Waals surface area contributed by atoms with Crippen molar-refractivity contribution >= 4 is 46.3 Å². The van der Waals surface area contributed by atoms with Gasteiger partial charge >= 0.3 is 5.97 Å². The maximum Gasteiger partial charge on any atom is 0.329 e. The molecule has 0 aliphatic carbocycles.